The summed E-state index contributed by atoms with van der Waals surface area (Å²) >= 11 is 0. The standard InChI is InChI=1S/C20H28N2O2/c1-14-11-15(2)13-17(12-14)22-19(24)20(9-10-20)18(23)21-16-7-5-3-4-6-8-16/h11-13,16H,3-10H2,1-2H3,(H,21,23)(H,22,24). The fourth-order valence-electron chi connectivity index (χ4n) is 3.73. The number of hydrogen-bond acceptors (Lipinski definition) is 2. The van der Waals surface area contributed by atoms with Crippen LogP contribution in [0.15, 0.2) is 18.2 Å². The van der Waals surface area contributed by atoms with E-state index in [1.807, 2.05) is 26.0 Å². The van der Waals surface area contributed by atoms with Crippen LogP contribution in [-0.2, 0) is 9.59 Å². The van der Waals surface area contributed by atoms with Crippen LogP contribution in [0.3, 0.4) is 0 Å². The molecule has 1 aromatic carbocycles. The van der Waals surface area contributed by atoms with Crippen molar-refractivity contribution in [2.45, 2.75) is 71.3 Å². The van der Waals surface area contributed by atoms with Crippen LogP contribution in [0.1, 0.15) is 62.5 Å². The highest BCUT2D eigenvalue weighted by Crippen LogP contribution is 2.47. The summed E-state index contributed by atoms with van der Waals surface area (Å²) in [7, 11) is 0. The molecule has 0 saturated heterocycles. The van der Waals surface area contributed by atoms with Crippen molar-refractivity contribution in [3.63, 3.8) is 0 Å². The number of nitrogens with one attached hydrogen (secondary N) is 2. The molecule has 0 atom stereocenters. The minimum atomic E-state index is -0.843. The van der Waals surface area contributed by atoms with Crippen LogP contribution in [0.5, 0.6) is 0 Å². The predicted octanol–water partition coefficient (Wildman–Crippen LogP) is 3.86. The van der Waals surface area contributed by atoms with E-state index in [-0.39, 0.29) is 17.9 Å². The Labute approximate surface area is 144 Å². The van der Waals surface area contributed by atoms with Crippen molar-refractivity contribution in [2.75, 3.05) is 5.32 Å². The second kappa shape index (κ2) is 6.96. The van der Waals surface area contributed by atoms with Gasteiger partial charge in [0.05, 0.1) is 0 Å². The summed E-state index contributed by atoms with van der Waals surface area (Å²) in [6.07, 6.45) is 8.25. The Morgan fingerprint density at radius 3 is 2.04 bits per heavy atom. The number of anilines is 1. The second-order valence-corrected chi connectivity index (χ2v) is 7.57. The summed E-state index contributed by atoms with van der Waals surface area (Å²) in [5, 5.41) is 6.11. The van der Waals surface area contributed by atoms with E-state index >= 15 is 0 Å². The molecule has 1 aromatic rings. The zero-order chi connectivity index (χ0) is 17.2. The molecule has 0 aliphatic heterocycles. The van der Waals surface area contributed by atoms with E-state index in [0.717, 1.165) is 29.7 Å². The molecule has 0 heterocycles. The molecule has 130 valence electrons. The van der Waals surface area contributed by atoms with Gasteiger partial charge >= 0.3 is 0 Å². The lowest BCUT2D eigenvalue weighted by Crippen LogP contribution is -2.44. The van der Waals surface area contributed by atoms with Crippen LogP contribution in [-0.4, -0.2) is 17.9 Å². The van der Waals surface area contributed by atoms with Gasteiger partial charge in [0.1, 0.15) is 5.41 Å². The minimum Gasteiger partial charge on any atom is -0.352 e. The number of rotatable bonds is 4. The summed E-state index contributed by atoms with van der Waals surface area (Å²) < 4.78 is 0. The van der Waals surface area contributed by atoms with Gasteiger partial charge in [0.2, 0.25) is 11.8 Å². The van der Waals surface area contributed by atoms with Crippen LogP contribution in [0.2, 0.25) is 0 Å². The number of benzene rings is 1. The molecule has 2 aliphatic rings. The van der Waals surface area contributed by atoms with E-state index in [1.54, 1.807) is 0 Å². The van der Waals surface area contributed by atoms with Crippen molar-refractivity contribution in [3.05, 3.63) is 29.3 Å². The normalized spacial score (nSPS) is 20.1. The maximum absolute atomic E-state index is 12.7. The molecule has 4 heteroatoms. The number of aryl methyl sites for hydroxylation is 2. The Hall–Kier alpha value is -1.84. The summed E-state index contributed by atoms with van der Waals surface area (Å²) in [4.78, 5) is 25.4. The highest BCUT2D eigenvalue weighted by molar-refractivity contribution is 6.13. The average Bonchev–Trinajstić information content (AvgIpc) is 3.32. The Morgan fingerprint density at radius 2 is 1.50 bits per heavy atom. The molecule has 0 unspecified atom stereocenters. The highest BCUT2D eigenvalue weighted by atomic mass is 16.2. The Kier molecular flexibility index (Phi) is 4.93. The van der Waals surface area contributed by atoms with Crippen LogP contribution >= 0.6 is 0 Å². The number of hydrogen-bond donors (Lipinski definition) is 2. The topological polar surface area (TPSA) is 58.2 Å². The molecule has 0 bridgehead atoms. The lowest BCUT2D eigenvalue weighted by Gasteiger charge is -2.21. The molecule has 4 nitrogen and oxygen atoms in total. The van der Waals surface area contributed by atoms with Crippen molar-refractivity contribution in [1.29, 1.82) is 0 Å². The fraction of sp³-hybridized carbons (Fsp3) is 0.600. The van der Waals surface area contributed by atoms with Gasteiger partial charge in [-0.05, 0) is 62.8 Å². The van der Waals surface area contributed by atoms with Gasteiger partial charge in [0.15, 0.2) is 0 Å². The van der Waals surface area contributed by atoms with Crippen molar-refractivity contribution in [1.82, 2.24) is 5.32 Å². The Morgan fingerprint density at radius 1 is 0.917 bits per heavy atom. The van der Waals surface area contributed by atoms with Crippen LogP contribution in [0.4, 0.5) is 5.69 Å². The lowest BCUT2D eigenvalue weighted by atomic mass is 10.0. The van der Waals surface area contributed by atoms with E-state index in [2.05, 4.69) is 16.7 Å². The molecular weight excluding hydrogens is 300 g/mol. The zero-order valence-electron chi connectivity index (χ0n) is 14.8. The van der Waals surface area contributed by atoms with Gasteiger partial charge in [0.25, 0.3) is 0 Å². The molecule has 2 fully saturated rings. The molecule has 0 spiro atoms. The second-order valence-electron chi connectivity index (χ2n) is 7.57. The molecule has 2 aliphatic carbocycles. The van der Waals surface area contributed by atoms with E-state index in [1.165, 1.54) is 25.7 Å². The van der Waals surface area contributed by atoms with E-state index in [4.69, 9.17) is 0 Å². The number of carbonyl (C=O) groups excluding carboxylic acids is 2. The minimum absolute atomic E-state index is 0.0729. The number of amides is 2. The monoisotopic (exact) mass is 328 g/mol. The first-order valence-corrected chi connectivity index (χ1v) is 9.20. The summed E-state index contributed by atoms with van der Waals surface area (Å²) in [5.74, 6) is -0.227. The van der Waals surface area contributed by atoms with E-state index in [9.17, 15) is 9.59 Å². The lowest BCUT2D eigenvalue weighted by molar-refractivity contribution is -0.134. The van der Waals surface area contributed by atoms with Gasteiger partial charge in [-0.15, -0.1) is 0 Å². The van der Waals surface area contributed by atoms with Gasteiger partial charge < -0.3 is 10.6 Å². The third kappa shape index (κ3) is 3.80. The molecule has 3 rings (SSSR count). The molecule has 0 aromatic heterocycles. The summed E-state index contributed by atoms with van der Waals surface area (Å²) in [6, 6.07) is 6.21. The smallest absolute Gasteiger partial charge is 0.240 e. The molecular formula is C20H28N2O2. The van der Waals surface area contributed by atoms with Gasteiger partial charge in [-0.25, -0.2) is 0 Å². The predicted molar refractivity (Wildman–Crippen MR) is 95.8 cm³/mol. The van der Waals surface area contributed by atoms with Crippen LogP contribution < -0.4 is 10.6 Å². The molecule has 24 heavy (non-hydrogen) atoms. The molecule has 0 radical (unpaired) electrons. The first-order valence-electron chi connectivity index (χ1n) is 9.20. The quantitative estimate of drug-likeness (QED) is 0.651. The van der Waals surface area contributed by atoms with E-state index < -0.39 is 5.41 Å². The SMILES string of the molecule is Cc1cc(C)cc(NC(=O)C2(C(=O)NC3CCCCCC3)CC2)c1. The Bertz CT molecular complexity index is 606. The van der Waals surface area contributed by atoms with E-state index in [0.29, 0.717) is 12.8 Å². The van der Waals surface area contributed by atoms with Crippen molar-refractivity contribution < 1.29 is 9.59 Å². The molecule has 2 saturated carbocycles. The third-order valence-electron chi connectivity index (χ3n) is 5.29. The van der Waals surface area contributed by atoms with Gasteiger partial charge in [-0.3, -0.25) is 9.59 Å². The maximum atomic E-state index is 12.7. The third-order valence-corrected chi connectivity index (χ3v) is 5.29. The van der Waals surface area contributed by atoms with Crippen molar-refractivity contribution in [2.24, 2.45) is 5.41 Å². The van der Waals surface area contributed by atoms with Crippen molar-refractivity contribution >= 4 is 17.5 Å². The average molecular weight is 328 g/mol. The zero-order valence-corrected chi connectivity index (χ0v) is 14.8. The Balaban J connectivity index is 1.63. The van der Waals surface area contributed by atoms with Crippen LogP contribution in [0, 0.1) is 19.3 Å². The summed E-state index contributed by atoms with van der Waals surface area (Å²) in [6.45, 7) is 4.02. The van der Waals surface area contributed by atoms with Crippen molar-refractivity contribution in [3.8, 4) is 0 Å². The fourth-order valence-corrected chi connectivity index (χ4v) is 3.73. The van der Waals surface area contributed by atoms with Gasteiger partial charge in [-0.1, -0.05) is 31.7 Å². The largest absolute Gasteiger partial charge is 0.352 e. The van der Waals surface area contributed by atoms with Crippen LogP contribution in [0.25, 0.3) is 0 Å². The summed E-state index contributed by atoms with van der Waals surface area (Å²) in [5.41, 5.74) is 2.16. The molecule has 2 N–H and O–H groups in total. The first kappa shape index (κ1) is 17.0. The maximum Gasteiger partial charge on any atom is 0.240 e. The number of carbonyl (C=O) groups is 2. The molecule has 2 amide bonds. The van der Waals surface area contributed by atoms with Gasteiger partial charge in [0, 0.05) is 11.7 Å². The first-order chi connectivity index (χ1) is 11.5. The van der Waals surface area contributed by atoms with Gasteiger partial charge in [-0.2, -0.15) is 0 Å². The highest BCUT2D eigenvalue weighted by Gasteiger charge is 2.56.